The van der Waals surface area contributed by atoms with Crippen LogP contribution >= 0.6 is 0 Å². The Hall–Kier alpha value is -2.76. The van der Waals surface area contributed by atoms with Crippen LogP contribution in [0.25, 0.3) is 22.2 Å². The van der Waals surface area contributed by atoms with Crippen molar-refractivity contribution in [2.24, 2.45) is 5.92 Å². The normalized spacial score (nSPS) is 13.6. The number of halogens is 3. The topological polar surface area (TPSA) is 44.9 Å². The van der Waals surface area contributed by atoms with Gasteiger partial charge in [-0.15, -0.1) is 0 Å². The number of carbonyl (C=O) groups excluding carboxylic acids is 1. The second-order valence-electron chi connectivity index (χ2n) is 6.96. The van der Waals surface area contributed by atoms with E-state index in [0.29, 0.717) is 22.6 Å². The number of rotatable bonds is 4. The Labute approximate surface area is 162 Å². The molecule has 1 aromatic heterocycles. The van der Waals surface area contributed by atoms with Crippen LogP contribution in [-0.4, -0.2) is 17.4 Å². The van der Waals surface area contributed by atoms with Gasteiger partial charge in [0.1, 0.15) is 17.5 Å². The Morgan fingerprint density at radius 2 is 1.79 bits per heavy atom. The summed E-state index contributed by atoms with van der Waals surface area (Å²) >= 11 is 0. The molecule has 1 saturated carbocycles. The molecule has 0 saturated heterocycles. The van der Waals surface area contributed by atoms with Crippen LogP contribution in [0.5, 0.6) is 0 Å². The predicted octanol–water partition coefficient (Wildman–Crippen LogP) is 5.56. The lowest BCUT2D eigenvalue weighted by Gasteiger charge is -2.23. The molecule has 3 aromatic rings. The van der Waals surface area contributed by atoms with Crippen molar-refractivity contribution in [1.29, 1.82) is 0 Å². The first-order valence-electron chi connectivity index (χ1n) is 9.49. The number of carbonyl (C=O) groups is 1. The lowest BCUT2D eigenvalue weighted by molar-refractivity contribution is -0.127. The van der Waals surface area contributed by atoms with Crippen molar-refractivity contribution in [3.63, 3.8) is 0 Å². The standard InChI is InChI=1S/C14H8F3N.C8H15NO/c15-10-3-1-8(2-4-10)13-6-9-5-11(16)7-12(17)14(9)18-13;1-2-6-9-8(10)7-4-3-5-7/h1-7,18H;7H,2-6H2,1H3,(H,9,10). The third-order valence-corrected chi connectivity index (χ3v) is 4.83. The van der Waals surface area contributed by atoms with Gasteiger partial charge in [0.25, 0.3) is 0 Å². The van der Waals surface area contributed by atoms with Crippen LogP contribution in [0, 0.1) is 23.4 Å². The number of benzene rings is 2. The van der Waals surface area contributed by atoms with Crippen LogP contribution in [0.2, 0.25) is 0 Å². The Morgan fingerprint density at radius 1 is 1.07 bits per heavy atom. The van der Waals surface area contributed by atoms with Crippen molar-refractivity contribution in [1.82, 2.24) is 10.3 Å². The highest BCUT2D eigenvalue weighted by molar-refractivity contribution is 5.86. The maximum absolute atomic E-state index is 13.5. The monoisotopic (exact) mass is 388 g/mol. The van der Waals surface area contributed by atoms with E-state index in [1.165, 1.54) is 24.6 Å². The molecule has 0 aliphatic heterocycles. The molecule has 0 atom stereocenters. The van der Waals surface area contributed by atoms with Gasteiger partial charge >= 0.3 is 0 Å². The Balaban J connectivity index is 0.000000192. The summed E-state index contributed by atoms with van der Waals surface area (Å²) in [5.41, 5.74) is 1.58. The second kappa shape index (κ2) is 8.95. The second-order valence-corrected chi connectivity index (χ2v) is 6.96. The summed E-state index contributed by atoms with van der Waals surface area (Å²) in [6.07, 6.45) is 4.49. The lowest BCUT2D eigenvalue weighted by Crippen LogP contribution is -2.34. The number of fused-ring (bicyclic) bond motifs is 1. The van der Waals surface area contributed by atoms with Gasteiger partial charge in [0.05, 0.1) is 5.52 Å². The van der Waals surface area contributed by atoms with Gasteiger partial charge in [-0.1, -0.05) is 13.3 Å². The molecule has 3 nitrogen and oxygen atoms in total. The maximum atomic E-state index is 13.5. The Kier molecular flexibility index (Phi) is 6.39. The average molecular weight is 388 g/mol. The molecule has 1 aliphatic rings. The fraction of sp³-hybridized carbons (Fsp3) is 0.318. The number of hydrogen-bond acceptors (Lipinski definition) is 1. The van der Waals surface area contributed by atoms with E-state index in [-0.39, 0.29) is 17.2 Å². The van der Waals surface area contributed by atoms with Crippen molar-refractivity contribution in [3.8, 4) is 11.3 Å². The molecule has 4 rings (SSSR count). The van der Waals surface area contributed by atoms with Gasteiger partial charge < -0.3 is 10.3 Å². The van der Waals surface area contributed by atoms with E-state index in [2.05, 4.69) is 17.2 Å². The summed E-state index contributed by atoms with van der Waals surface area (Å²) in [6, 6.07) is 9.50. The van der Waals surface area contributed by atoms with E-state index in [1.807, 2.05) is 0 Å². The molecule has 1 fully saturated rings. The van der Waals surface area contributed by atoms with E-state index in [1.54, 1.807) is 18.2 Å². The van der Waals surface area contributed by atoms with Crippen molar-refractivity contribution >= 4 is 16.8 Å². The molecular weight excluding hydrogens is 365 g/mol. The number of aromatic amines is 1. The molecule has 2 N–H and O–H groups in total. The van der Waals surface area contributed by atoms with Crippen LogP contribution in [0.1, 0.15) is 32.6 Å². The van der Waals surface area contributed by atoms with Crippen LogP contribution in [0.15, 0.2) is 42.5 Å². The molecule has 1 aliphatic carbocycles. The first-order chi connectivity index (χ1) is 13.5. The number of hydrogen-bond donors (Lipinski definition) is 2. The Bertz CT molecular complexity index is 946. The minimum atomic E-state index is -0.640. The molecule has 1 amide bonds. The zero-order valence-corrected chi connectivity index (χ0v) is 15.7. The number of H-pyrrole nitrogens is 1. The molecule has 0 bridgehead atoms. The summed E-state index contributed by atoms with van der Waals surface area (Å²) in [5, 5.41) is 3.35. The lowest BCUT2D eigenvalue weighted by atomic mass is 9.85. The van der Waals surface area contributed by atoms with Crippen LogP contribution in [-0.2, 0) is 4.79 Å². The molecular formula is C22H23F3N2O. The summed E-state index contributed by atoms with van der Waals surface area (Å²) in [7, 11) is 0. The molecule has 0 spiro atoms. The van der Waals surface area contributed by atoms with Crippen molar-refractivity contribution in [2.75, 3.05) is 6.54 Å². The highest BCUT2D eigenvalue weighted by Crippen LogP contribution is 2.27. The van der Waals surface area contributed by atoms with Crippen LogP contribution in [0.3, 0.4) is 0 Å². The van der Waals surface area contributed by atoms with Gasteiger partial charge in [0.15, 0.2) is 0 Å². The summed E-state index contributed by atoms with van der Waals surface area (Å²) in [6.45, 7) is 2.91. The van der Waals surface area contributed by atoms with E-state index in [0.717, 1.165) is 31.9 Å². The SMILES string of the molecule is CCCNC(=O)C1CCC1.Fc1ccc(-c2cc3cc(F)cc(F)c3[nH]2)cc1. The minimum absolute atomic E-state index is 0.246. The third kappa shape index (κ3) is 4.74. The number of amides is 1. The smallest absolute Gasteiger partial charge is 0.223 e. The van der Waals surface area contributed by atoms with Gasteiger partial charge in [-0.2, -0.15) is 0 Å². The molecule has 2 aromatic carbocycles. The average Bonchev–Trinajstić information content (AvgIpc) is 3.04. The van der Waals surface area contributed by atoms with Gasteiger partial charge in [-0.3, -0.25) is 4.79 Å². The van der Waals surface area contributed by atoms with E-state index >= 15 is 0 Å². The molecule has 6 heteroatoms. The first kappa shape index (κ1) is 20.0. The molecule has 0 radical (unpaired) electrons. The van der Waals surface area contributed by atoms with Crippen LogP contribution in [0.4, 0.5) is 13.2 Å². The van der Waals surface area contributed by atoms with Gasteiger partial charge in [-0.05, 0) is 61.2 Å². The largest absolute Gasteiger partial charge is 0.356 e. The first-order valence-corrected chi connectivity index (χ1v) is 9.49. The number of nitrogens with one attached hydrogen (secondary N) is 2. The van der Waals surface area contributed by atoms with E-state index < -0.39 is 11.6 Å². The highest BCUT2D eigenvalue weighted by Gasteiger charge is 2.24. The summed E-state index contributed by atoms with van der Waals surface area (Å²) < 4.78 is 39.4. The minimum Gasteiger partial charge on any atom is -0.356 e. The third-order valence-electron chi connectivity index (χ3n) is 4.83. The quantitative estimate of drug-likeness (QED) is 0.603. The highest BCUT2D eigenvalue weighted by atomic mass is 19.1. The van der Waals surface area contributed by atoms with Crippen molar-refractivity contribution in [3.05, 3.63) is 59.9 Å². The fourth-order valence-corrected chi connectivity index (χ4v) is 3.01. The van der Waals surface area contributed by atoms with Gasteiger partial charge in [-0.25, -0.2) is 13.2 Å². The van der Waals surface area contributed by atoms with Crippen LogP contribution < -0.4 is 5.32 Å². The Morgan fingerprint density at radius 3 is 2.39 bits per heavy atom. The van der Waals surface area contributed by atoms with Crippen molar-refractivity contribution < 1.29 is 18.0 Å². The molecule has 1 heterocycles. The zero-order valence-electron chi connectivity index (χ0n) is 15.7. The van der Waals surface area contributed by atoms with E-state index in [9.17, 15) is 18.0 Å². The number of aromatic nitrogens is 1. The van der Waals surface area contributed by atoms with Gasteiger partial charge in [0.2, 0.25) is 5.91 Å². The maximum Gasteiger partial charge on any atom is 0.223 e. The van der Waals surface area contributed by atoms with E-state index in [4.69, 9.17) is 0 Å². The summed E-state index contributed by atoms with van der Waals surface area (Å²) in [4.78, 5) is 13.9. The van der Waals surface area contributed by atoms with Gasteiger partial charge in [0, 0.05) is 29.6 Å². The zero-order chi connectivity index (χ0) is 20.1. The molecule has 28 heavy (non-hydrogen) atoms. The fourth-order valence-electron chi connectivity index (χ4n) is 3.01. The van der Waals surface area contributed by atoms with Crippen molar-refractivity contribution in [2.45, 2.75) is 32.6 Å². The predicted molar refractivity (Wildman–Crippen MR) is 104 cm³/mol. The molecule has 148 valence electrons. The molecule has 0 unspecified atom stereocenters. The summed E-state index contributed by atoms with van der Waals surface area (Å²) in [5.74, 6) is -0.977.